The third-order valence-corrected chi connectivity index (χ3v) is 3.80. The highest BCUT2D eigenvalue weighted by molar-refractivity contribution is 4.86. The summed E-state index contributed by atoms with van der Waals surface area (Å²) in [5.41, 5.74) is 0.540. The molecule has 1 rings (SSSR count). The van der Waals surface area contributed by atoms with Gasteiger partial charge in [-0.15, -0.1) is 0 Å². The van der Waals surface area contributed by atoms with Crippen molar-refractivity contribution in [2.24, 2.45) is 23.2 Å². The Morgan fingerprint density at radius 1 is 0.833 bits per heavy atom. The van der Waals surface area contributed by atoms with E-state index in [4.69, 9.17) is 0 Å². The maximum Gasteiger partial charge on any atom is -0.0354 e. The fraction of sp³-hybridized carbons (Fsp3) is 1.00. The van der Waals surface area contributed by atoms with Crippen LogP contribution in [0.2, 0.25) is 0 Å². The highest BCUT2D eigenvalue weighted by atomic mass is 14.4. The summed E-state index contributed by atoms with van der Waals surface area (Å²) in [7, 11) is 0. The Balaban J connectivity index is -0.000000328. The van der Waals surface area contributed by atoms with Gasteiger partial charge < -0.3 is 0 Å². The topological polar surface area (TPSA) is 0 Å². The molecule has 0 radical (unpaired) electrons. The normalized spacial score (nSPS) is 25.8. The van der Waals surface area contributed by atoms with Crippen molar-refractivity contribution < 1.29 is 0 Å². The number of rotatable bonds is 1. The minimum Gasteiger partial charge on any atom is -0.0683 e. The van der Waals surface area contributed by atoms with E-state index in [2.05, 4.69) is 34.6 Å². The molecule has 0 aliphatic heterocycles. The molecule has 0 bridgehead atoms. The lowest BCUT2D eigenvalue weighted by atomic mass is 9.79. The van der Waals surface area contributed by atoms with E-state index in [0.29, 0.717) is 5.41 Å². The van der Waals surface area contributed by atoms with E-state index in [-0.39, 0.29) is 0 Å². The molecule has 0 spiro atoms. The summed E-state index contributed by atoms with van der Waals surface area (Å²) in [6.07, 6.45) is 4.32. The predicted molar refractivity (Wildman–Crippen MR) is 89.2 cm³/mol. The van der Waals surface area contributed by atoms with E-state index in [1.807, 2.05) is 41.5 Å². The molecule has 3 unspecified atom stereocenters. The lowest BCUT2D eigenvalue weighted by Gasteiger charge is -2.26. The van der Waals surface area contributed by atoms with Crippen molar-refractivity contribution in [3.63, 3.8) is 0 Å². The minimum absolute atomic E-state index is 0.540. The molecule has 0 heteroatoms. The molecule has 0 aromatic rings. The Morgan fingerprint density at radius 3 is 1.39 bits per heavy atom. The molecule has 114 valence electrons. The zero-order valence-electron chi connectivity index (χ0n) is 15.4. The summed E-state index contributed by atoms with van der Waals surface area (Å²) < 4.78 is 0. The first kappa shape index (κ1) is 23.1. The van der Waals surface area contributed by atoms with Crippen LogP contribution in [0.1, 0.15) is 95.4 Å². The maximum absolute atomic E-state index is 2.43. The minimum atomic E-state index is 0.540. The van der Waals surface area contributed by atoms with E-state index < -0.39 is 0 Å². The fourth-order valence-corrected chi connectivity index (χ4v) is 2.61. The Morgan fingerprint density at radius 2 is 1.22 bits per heavy atom. The van der Waals surface area contributed by atoms with Crippen LogP contribution in [0.4, 0.5) is 0 Å². The standard InChI is InChI=1S/C12H24.3C2H6/c1-6-10-8-11(7-9(10)2)12(3,4)5;3*1-2/h9-11H,6-8H2,1-5H3;3*1-2H3. The van der Waals surface area contributed by atoms with Gasteiger partial charge in [0, 0.05) is 0 Å². The molecular formula is C18H42. The first-order chi connectivity index (χ1) is 8.45. The van der Waals surface area contributed by atoms with Gasteiger partial charge in [-0.2, -0.15) is 0 Å². The van der Waals surface area contributed by atoms with Gasteiger partial charge in [0.05, 0.1) is 0 Å². The molecule has 0 saturated heterocycles. The second-order valence-corrected chi connectivity index (χ2v) is 5.68. The van der Waals surface area contributed by atoms with E-state index in [1.54, 1.807) is 0 Å². The molecule has 0 N–H and O–H groups in total. The summed E-state index contributed by atoms with van der Waals surface area (Å²) in [6, 6.07) is 0. The van der Waals surface area contributed by atoms with Crippen molar-refractivity contribution in [3.05, 3.63) is 0 Å². The first-order valence-electron chi connectivity index (χ1n) is 8.45. The van der Waals surface area contributed by atoms with Crippen LogP contribution in [-0.4, -0.2) is 0 Å². The van der Waals surface area contributed by atoms with Crippen LogP contribution in [0.3, 0.4) is 0 Å². The average Bonchev–Trinajstić information content (AvgIpc) is 2.78. The Hall–Kier alpha value is 0. The van der Waals surface area contributed by atoms with Gasteiger partial charge in [-0.05, 0) is 36.0 Å². The summed E-state index contributed by atoms with van der Waals surface area (Å²) in [6.45, 7) is 23.9. The smallest absolute Gasteiger partial charge is 0.0354 e. The predicted octanol–water partition coefficient (Wildman–Crippen LogP) is 7.18. The number of hydrogen-bond acceptors (Lipinski definition) is 0. The SMILES string of the molecule is CC.CC.CC.CCC1CC(C(C)(C)C)CC1C. The molecule has 0 heterocycles. The second kappa shape index (κ2) is 13.4. The third kappa shape index (κ3) is 9.00. The molecule has 1 aliphatic rings. The first-order valence-corrected chi connectivity index (χ1v) is 8.45. The van der Waals surface area contributed by atoms with E-state index >= 15 is 0 Å². The largest absolute Gasteiger partial charge is 0.0683 e. The van der Waals surface area contributed by atoms with Crippen molar-refractivity contribution >= 4 is 0 Å². The third-order valence-electron chi connectivity index (χ3n) is 3.80. The van der Waals surface area contributed by atoms with E-state index in [1.165, 1.54) is 19.3 Å². The maximum atomic E-state index is 2.43. The highest BCUT2D eigenvalue weighted by Gasteiger charge is 2.36. The van der Waals surface area contributed by atoms with Gasteiger partial charge in [0.2, 0.25) is 0 Å². The Labute approximate surface area is 119 Å². The molecule has 18 heavy (non-hydrogen) atoms. The van der Waals surface area contributed by atoms with Gasteiger partial charge in [-0.1, -0.05) is 82.6 Å². The van der Waals surface area contributed by atoms with Crippen LogP contribution >= 0.6 is 0 Å². The average molecular weight is 259 g/mol. The molecular weight excluding hydrogens is 216 g/mol. The molecule has 3 atom stereocenters. The van der Waals surface area contributed by atoms with Gasteiger partial charge in [0.25, 0.3) is 0 Å². The van der Waals surface area contributed by atoms with Crippen LogP contribution in [0.25, 0.3) is 0 Å². The van der Waals surface area contributed by atoms with Gasteiger partial charge in [-0.25, -0.2) is 0 Å². The molecule has 1 saturated carbocycles. The Bertz CT molecular complexity index is 141. The summed E-state index contributed by atoms with van der Waals surface area (Å²) in [5, 5.41) is 0. The molecule has 0 aromatic carbocycles. The second-order valence-electron chi connectivity index (χ2n) is 5.68. The lowest BCUT2D eigenvalue weighted by molar-refractivity contribution is 0.237. The van der Waals surface area contributed by atoms with Crippen molar-refractivity contribution in [1.82, 2.24) is 0 Å². The summed E-state index contributed by atoms with van der Waals surface area (Å²) in [5.74, 6) is 2.95. The van der Waals surface area contributed by atoms with Crippen LogP contribution in [0.5, 0.6) is 0 Å². The monoisotopic (exact) mass is 258 g/mol. The van der Waals surface area contributed by atoms with Crippen molar-refractivity contribution in [3.8, 4) is 0 Å². The van der Waals surface area contributed by atoms with Crippen LogP contribution < -0.4 is 0 Å². The Kier molecular flexibility index (Phi) is 17.3. The molecule has 0 aromatic heterocycles. The molecule has 0 nitrogen and oxygen atoms in total. The fourth-order valence-electron chi connectivity index (χ4n) is 2.61. The van der Waals surface area contributed by atoms with Crippen LogP contribution in [-0.2, 0) is 0 Å². The van der Waals surface area contributed by atoms with Crippen LogP contribution in [0.15, 0.2) is 0 Å². The van der Waals surface area contributed by atoms with Gasteiger partial charge in [0.1, 0.15) is 0 Å². The van der Waals surface area contributed by atoms with Gasteiger partial charge >= 0.3 is 0 Å². The van der Waals surface area contributed by atoms with Crippen molar-refractivity contribution in [2.75, 3.05) is 0 Å². The quantitative estimate of drug-likeness (QED) is 0.467. The van der Waals surface area contributed by atoms with Gasteiger partial charge in [0.15, 0.2) is 0 Å². The zero-order valence-corrected chi connectivity index (χ0v) is 15.4. The highest BCUT2D eigenvalue weighted by Crippen LogP contribution is 2.46. The van der Waals surface area contributed by atoms with E-state index in [0.717, 1.165) is 17.8 Å². The molecule has 1 fully saturated rings. The zero-order chi connectivity index (χ0) is 15.4. The van der Waals surface area contributed by atoms with Crippen molar-refractivity contribution in [1.29, 1.82) is 0 Å². The van der Waals surface area contributed by atoms with Crippen molar-refractivity contribution in [2.45, 2.75) is 95.4 Å². The molecule has 1 aliphatic carbocycles. The summed E-state index contributed by atoms with van der Waals surface area (Å²) >= 11 is 0. The number of hydrogen-bond donors (Lipinski definition) is 0. The molecule has 0 amide bonds. The van der Waals surface area contributed by atoms with Crippen LogP contribution in [0, 0.1) is 23.2 Å². The summed E-state index contributed by atoms with van der Waals surface area (Å²) in [4.78, 5) is 0. The lowest BCUT2D eigenvalue weighted by Crippen LogP contribution is -2.17. The van der Waals surface area contributed by atoms with Gasteiger partial charge in [-0.3, -0.25) is 0 Å². The van der Waals surface area contributed by atoms with E-state index in [9.17, 15) is 0 Å².